The van der Waals surface area contributed by atoms with Gasteiger partial charge in [-0.05, 0) is 45.2 Å². The Morgan fingerprint density at radius 2 is 1.64 bits per heavy atom. The normalized spacial score (nSPS) is 18.7. The predicted octanol–water partition coefficient (Wildman–Crippen LogP) is 3.71. The Morgan fingerprint density at radius 3 is 2.08 bits per heavy atom. The Labute approximate surface area is 152 Å². The molecule has 25 heavy (non-hydrogen) atoms. The van der Waals surface area contributed by atoms with Crippen LogP contribution in [0.1, 0.15) is 64.3 Å². The third-order valence-corrected chi connectivity index (χ3v) is 4.64. The zero-order valence-electron chi connectivity index (χ0n) is 16.3. The first-order valence-electron chi connectivity index (χ1n) is 9.28. The minimum atomic E-state index is -0.442. The number of carbonyl (C=O) groups excluding carboxylic acids is 1. The average Bonchev–Trinajstić information content (AvgIpc) is 2.55. The van der Waals surface area contributed by atoms with Gasteiger partial charge in [-0.1, -0.05) is 31.2 Å². The van der Waals surface area contributed by atoms with Crippen LogP contribution in [0.2, 0.25) is 0 Å². The van der Waals surface area contributed by atoms with E-state index in [1.807, 2.05) is 32.6 Å². The molecule has 1 aliphatic heterocycles. The van der Waals surface area contributed by atoms with Gasteiger partial charge in [-0.3, -0.25) is 4.90 Å². The minimum absolute atomic E-state index is 0.0616. The first kappa shape index (κ1) is 19.7. The number of amides is 1. The summed E-state index contributed by atoms with van der Waals surface area (Å²) in [6.45, 7) is 13.1. The van der Waals surface area contributed by atoms with E-state index in [0.29, 0.717) is 19.1 Å². The van der Waals surface area contributed by atoms with E-state index in [4.69, 9.17) is 10.5 Å². The molecule has 2 rings (SSSR count). The van der Waals surface area contributed by atoms with Crippen molar-refractivity contribution in [2.75, 3.05) is 26.2 Å². The van der Waals surface area contributed by atoms with Crippen molar-refractivity contribution in [3.05, 3.63) is 35.4 Å². The van der Waals surface area contributed by atoms with Crippen molar-refractivity contribution < 1.29 is 9.53 Å². The summed E-state index contributed by atoms with van der Waals surface area (Å²) in [5.41, 5.74) is 7.98. The van der Waals surface area contributed by atoms with Gasteiger partial charge < -0.3 is 15.4 Å². The second-order valence-corrected chi connectivity index (χ2v) is 7.88. The number of nitrogens with zero attached hydrogens (tertiary/aromatic N) is 2. The van der Waals surface area contributed by atoms with Crippen LogP contribution in [0.3, 0.4) is 0 Å². The Hall–Kier alpha value is -1.59. The van der Waals surface area contributed by atoms with Crippen LogP contribution < -0.4 is 5.73 Å². The summed E-state index contributed by atoms with van der Waals surface area (Å²) in [6.07, 6.45) is 0.839. The molecule has 0 bridgehead atoms. The summed E-state index contributed by atoms with van der Waals surface area (Å²) < 4.78 is 5.48. The van der Waals surface area contributed by atoms with Crippen LogP contribution in [-0.4, -0.2) is 47.7 Å². The van der Waals surface area contributed by atoms with E-state index in [1.54, 1.807) is 0 Å². The SMILES string of the molecule is CCC(c1ccc(C(C)N)cc1)N1CCN(C(=O)OC(C)(C)C)CC1. The quantitative estimate of drug-likeness (QED) is 0.902. The Bertz CT molecular complexity index is 555. The number of carbonyl (C=O) groups is 1. The highest BCUT2D eigenvalue weighted by molar-refractivity contribution is 5.68. The number of hydrogen-bond acceptors (Lipinski definition) is 4. The average molecular weight is 348 g/mol. The van der Waals surface area contributed by atoms with Gasteiger partial charge in [0.15, 0.2) is 0 Å². The van der Waals surface area contributed by atoms with Crippen molar-refractivity contribution in [2.24, 2.45) is 5.73 Å². The molecule has 0 aliphatic carbocycles. The Kier molecular flexibility index (Phi) is 6.47. The van der Waals surface area contributed by atoms with Gasteiger partial charge in [0.1, 0.15) is 5.60 Å². The maximum absolute atomic E-state index is 12.2. The van der Waals surface area contributed by atoms with Gasteiger partial charge in [0.25, 0.3) is 0 Å². The molecule has 0 aromatic heterocycles. The minimum Gasteiger partial charge on any atom is -0.444 e. The largest absolute Gasteiger partial charge is 0.444 e. The lowest BCUT2D eigenvalue weighted by Crippen LogP contribution is -2.50. The fourth-order valence-electron chi connectivity index (χ4n) is 3.27. The molecule has 5 nitrogen and oxygen atoms in total. The number of benzene rings is 1. The fraction of sp³-hybridized carbons (Fsp3) is 0.650. The van der Waals surface area contributed by atoms with Crippen LogP contribution in [0, 0.1) is 0 Å². The van der Waals surface area contributed by atoms with Crippen LogP contribution in [0.15, 0.2) is 24.3 Å². The van der Waals surface area contributed by atoms with Crippen molar-refractivity contribution in [2.45, 2.75) is 58.7 Å². The summed E-state index contributed by atoms with van der Waals surface area (Å²) in [5.74, 6) is 0. The van der Waals surface area contributed by atoms with Crippen molar-refractivity contribution in [3.8, 4) is 0 Å². The lowest BCUT2D eigenvalue weighted by Gasteiger charge is -2.39. The van der Waals surface area contributed by atoms with E-state index in [9.17, 15) is 4.79 Å². The molecule has 140 valence electrons. The topological polar surface area (TPSA) is 58.8 Å². The summed E-state index contributed by atoms with van der Waals surface area (Å²) in [6, 6.07) is 9.06. The molecule has 1 fully saturated rings. The van der Waals surface area contributed by atoms with Gasteiger partial charge in [0, 0.05) is 38.3 Å². The summed E-state index contributed by atoms with van der Waals surface area (Å²) in [4.78, 5) is 16.5. The van der Waals surface area contributed by atoms with Gasteiger partial charge in [0.2, 0.25) is 0 Å². The number of nitrogens with two attached hydrogens (primary N) is 1. The number of piperazine rings is 1. The lowest BCUT2D eigenvalue weighted by molar-refractivity contribution is 0.00998. The van der Waals surface area contributed by atoms with Crippen molar-refractivity contribution in [3.63, 3.8) is 0 Å². The van der Waals surface area contributed by atoms with Crippen molar-refractivity contribution in [1.29, 1.82) is 0 Å². The second kappa shape index (κ2) is 8.19. The molecular formula is C20H33N3O2. The molecule has 0 radical (unpaired) electrons. The highest BCUT2D eigenvalue weighted by Gasteiger charge is 2.28. The molecule has 1 aliphatic rings. The van der Waals surface area contributed by atoms with Crippen LogP contribution in [0.5, 0.6) is 0 Å². The molecule has 2 atom stereocenters. The molecule has 2 unspecified atom stereocenters. The van der Waals surface area contributed by atoms with E-state index >= 15 is 0 Å². The third-order valence-electron chi connectivity index (χ3n) is 4.64. The maximum atomic E-state index is 12.2. The molecule has 5 heteroatoms. The monoisotopic (exact) mass is 347 g/mol. The van der Waals surface area contributed by atoms with Gasteiger partial charge in [-0.2, -0.15) is 0 Å². The molecule has 1 heterocycles. The van der Waals surface area contributed by atoms with Gasteiger partial charge >= 0.3 is 6.09 Å². The summed E-state index contributed by atoms with van der Waals surface area (Å²) >= 11 is 0. The van der Waals surface area contributed by atoms with Gasteiger partial charge in [-0.15, -0.1) is 0 Å². The zero-order valence-corrected chi connectivity index (χ0v) is 16.3. The number of ether oxygens (including phenoxy) is 1. The van der Waals surface area contributed by atoms with Crippen LogP contribution in [0.25, 0.3) is 0 Å². The lowest BCUT2D eigenvalue weighted by atomic mass is 9.99. The van der Waals surface area contributed by atoms with E-state index in [1.165, 1.54) is 5.56 Å². The number of hydrogen-bond donors (Lipinski definition) is 1. The highest BCUT2D eigenvalue weighted by atomic mass is 16.6. The summed E-state index contributed by atoms with van der Waals surface area (Å²) in [5, 5.41) is 0. The predicted molar refractivity (Wildman–Crippen MR) is 101 cm³/mol. The van der Waals surface area contributed by atoms with E-state index in [2.05, 4.69) is 36.1 Å². The molecule has 1 saturated heterocycles. The van der Waals surface area contributed by atoms with Gasteiger partial charge in [-0.25, -0.2) is 4.79 Å². The van der Waals surface area contributed by atoms with Crippen molar-refractivity contribution in [1.82, 2.24) is 9.80 Å². The molecule has 0 spiro atoms. The molecule has 1 amide bonds. The third kappa shape index (κ3) is 5.44. The molecule has 2 N–H and O–H groups in total. The summed E-state index contributed by atoms with van der Waals surface area (Å²) in [7, 11) is 0. The van der Waals surface area contributed by atoms with E-state index in [0.717, 1.165) is 25.1 Å². The Morgan fingerprint density at radius 1 is 1.12 bits per heavy atom. The first-order valence-corrected chi connectivity index (χ1v) is 9.28. The van der Waals surface area contributed by atoms with E-state index < -0.39 is 5.60 Å². The standard InChI is InChI=1S/C20H33N3O2/c1-6-18(17-9-7-16(8-10-17)15(2)21)22-11-13-23(14-12-22)19(24)25-20(3,4)5/h7-10,15,18H,6,11-14,21H2,1-5H3. The van der Waals surface area contributed by atoms with Crippen LogP contribution in [0.4, 0.5) is 4.79 Å². The molecule has 1 aromatic carbocycles. The van der Waals surface area contributed by atoms with E-state index in [-0.39, 0.29) is 12.1 Å². The molecule has 0 saturated carbocycles. The molecular weight excluding hydrogens is 314 g/mol. The van der Waals surface area contributed by atoms with Gasteiger partial charge in [0.05, 0.1) is 0 Å². The van der Waals surface area contributed by atoms with Crippen LogP contribution >= 0.6 is 0 Å². The second-order valence-electron chi connectivity index (χ2n) is 7.88. The molecule has 1 aromatic rings. The van der Waals surface area contributed by atoms with Crippen LogP contribution in [-0.2, 0) is 4.74 Å². The highest BCUT2D eigenvalue weighted by Crippen LogP contribution is 2.26. The maximum Gasteiger partial charge on any atom is 0.410 e. The fourth-order valence-corrected chi connectivity index (χ4v) is 3.27. The smallest absolute Gasteiger partial charge is 0.410 e. The number of rotatable bonds is 4. The Balaban J connectivity index is 1.96. The first-order chi connectivity index (χ1) is 11.7. The van der Waals surface area contributed by atoms with Crippen molar-refractivity contribution >= 4 is 6.09 Å². The zero-order chi connectivity index (χ0) is 18.6.